The Labute approximate surface area is 615 Å². The largest absolute Gasteiger partial charge is 0.475 e. The van der Waals surface area contributed by atoms with E-state index < -0.39 is 103 Å². The van der Waals surface area contributed by atoms with Crippen LogP contribution < -0.4 is 29.6 Å². The van der Waals surface area contributed by atoms with E-state index in [2.05, 4.69) is 24.4 Å². The van der Waals surface area contributed by atoms with Crippen LogP contribution in [0.2, 0.25) is 0 Å². The van der Waals surface area contributed by atoms with E-state index in [0.29, 0.717) is 89.2 Å². The number of Topliss-reactive ketones (excluding diaryl/α,β-unsaturated/α-hetero) is 3. The molecule has 0 bridgehead atoms. The number of H-pyrrole nitrogens is 1. The third kappa shape index (κ3) is 16.7. The SMILES string of the molecule is CC1(CC(=O)c2ccc3c(c2)C(C)(C)C(=O)N3c2cc(=O)cc[nH]2)CCS(=O)(=O)CC1.CC1(CC(=O)c2ccc3c(c2)C(C)(C)C(=O)N3c2cc(OC(F)(F)C(F)(F)Br)ccn2)CCS(=O)(=O)CC1.CC1(CC(=O)c2ccc3c(c2)C(C)(C)C(=O)N3c2cc(OC(F)(F)C(F)F)ccn2)CCS(=O)(=O)CC1. The number of fused-ring (bicyclic) bond motifs is 3. The molecule has 3 fully saturated rings. The van der Waals surface area contributed by atoms with Gasteiger partial charge in [-0.25, -0.2) is 35.2 Å². The predicted octanol–water partition coefficient (Wildman–Crippen LogP) is 14.0. The molecule has 33 heteroatoms. The number of hydrogen-bond donors (Lipinski definition) is 1. The predicted molar refractivity (Wildman–Crippen MR) is 381 cm³/mol. The Balaban J connectivity index is 0.000000171. The fourth-order valence-electron chi connectivity index (χ4n) is 13.7. The number of ether oxygens (including phenoxy) is 2. The van der Waals surface area contributed by atoms with Crippen LogP contribution in [0.5, 0.6) is 11.5 Å². The number of anilines is 6. The lowest BCUT2D eigenvalue weighted by atomic mass is 9.78. The number of halogens is 9. The summed E-state index contributed by atoms with van der Waals surface area (Å²) in [6.07, 6.45) is -6.97. The molecule has 12 rings (SSSR count). The Morgan fingerprint density at radius 2 is 0.802 bits per heavy atom. The highest BCUT2D eigenvalue weighted by Crippen LogP contribution is 2.51. The van der Waals surface area contributed by atoms with Crippen molar-refractivity contribution in [3.8, 4) is 11.5 Å². The van der Waals surface area contributed by atoms with E-state index >= 15 is 0 Å². The molecule has 0 radical (unpaired) electrons. The molecule has 6 aliphatic heterocycles. The standard InChI is InChI=1S/C25H25BrF4N2O5S.C25H26F4N2O5S.C23H26N2O5S/c1-22(2)17-12-15(19(33)14-23(3)7-10-38(35,36)11-8-23)4-5-18(17)32(21(22)34)20-13-16(6-9-31-20)37-25(29,30)24(26,27)28;1-23(2)17-12-15(19(32)14-24(3)7-10-37(34,35)11-8-24)4-5-18(17)31(22(23)33)20-13-16(6-9-30-20)36-25(28,29)21(26)27;1-22(2)17-12-15(19(27)14-23(3)7-10-31(29,30)11-8-23)4-5-18(17)25(21(22)28)20-13-16(26)6-9-24-20/h4-6,9,12-13H,7-8,10-11,14H2,1-3H3;4-6,9,12-13,21H,7-8,10-11,14H2,1-3H3;4-6,9,12-13H,7-8,10-11,14H2,1-3H3,(H,24,26). The van der Waals surface area contributed by atoms with Crippen LogP contribution >= 0.6 is 15.9 Å². The summed E-state index contributed by atoms with van der Waals surface area (Å²) in [4.78, 5) is 101. The van der Waals surface area contributed by atoms with Crippen molar-refractivity contribution in [1.82, 2.24) is 15.0 Å². The summed E-state index contributed by atoms with van der Waals surface area (Å²) in [7, 11) is -9.17. The van der Waals surface area contributed by atoms with Crippen LogP contribution in [-0.2, 0) is 60.1 Å². The molecule has 106 heavy (non-hydrogen) atoms. The van der Waals surface area contributed by atoms with Gasteiger partial charge in [-0.1, -0.05) is 20.8 Å². The Kier molecular flexibility index (Phi) is 21.5. The van der Waals surface area contributed by atoms with E-state index in [1.54, 1.807) is 99.9 Å². The summed E-state index contributed by atoms with van der Waals surface area (Å²) in [6.45, 7) is 15.9. The van der Waals surface area contributed by atoms with Crippen molar-refractivity contribution in [3.63, 3.8) is 0 Å². The van der Waals surface area contributed by atoms with Gasteiger partial charge in [0.15, 0.2) is 22.8 Å². The van der Waals surface area contributed by atoms with E-state index in [1.807, 2.05) is 20.8 Å². The maximum Gasteiger partial charge on any atom is 0.475 e. The number of nitrogens with zero attached hydrogens (tertiary/aromatic N) is 5. The zero-order chi connectivity index (χ0) is 78.3. The number of hydrogen-bond acceptors (Lipinski definition) is 17. The zero-order valence-corrected chi connectivity index (χ0v) is 63.1. The monoisotopic (exact) mass is 1600 g/mol. The smallest absolute Gasteiger partial charge is 0.428 e. The van der Waals surface area contributed by atoms with Crippen molar-refractivity contribution in [1.29, 1.82) is 0 Å². The highest BCUT2D eigenvalue weighted by atomic mass is 79.9. The maximum atomic E-state index is 13.7. The quantitative estimate of drug-likeness (QED) is 0.0475. The van der Waals surface area contributed by atoms with Crippen molar-refractivity contribution in [3.05, 3.63) is 153 Å². The van der Waals surface area contributed by atoms with Gasteiger partial charge in [-0.2, -0.15) is 35.1 Å². The second kappa shape index (κ2) is 28.4. The van der Waals surface area contributed by atoms with Gasteiger partial charge < -0.3 is 14.5 Å². The van der Waals surface area contributed by atoms with Gasteiger partial charge in [0, 0.05) is 94.7 Å². The van der Waals surface area contributed by atoms with E-state index in [4.69, 9.17) is 0 Å². The molecule has 3 amide bonds. The Morgan fingerprint density at radius 3 is 1.12 bits per heavy atom. The summed E-state index contributed by atoms with van der Waals surface area (Å²) in [5.74, 6) is -2.22. The molecule has 3 saturated heterocycles. The summed E-state index contributed by atoms with van der Waals surface area (Å²) in [5, 5.41) is 0. The topological polar surface area (TPSA) is 292 Å². The first-order valence-electron chi connectivity index (χ1n) is 33.6. The van der Waals surface area contributed by atoms with Crippen LogP contribution in [0, 0.1) is 16.2 Å². The lowest BCUT2D eigenvalue weighted by molar-refractivity contribution is -0.266. The van der Waals surface area contributed by atoms with Crippen molar-refractivity contribution >= 4 is 115 Å². The minimum Gasteiger partial charge on any atom is -0.428 e. The van der Waals surface area contributed by atoms with Crippen molar-refractivity contribution < 1.29 is 98.6 Å². The lowest BCUT2D eigenvalue weighted by Gasteiger charge is -2.32. The van der Waals surface area contributed by atoms with Crippen molar-refractivity contribution in [2.75, 3.05) is 49.2 Å². The Bertz CT molecular complexity index is 4950. The summed E-state index contributed by atoms with van der Waals surface area (Å²) >= 11 is 1.60. The Hall–Kier alpha value is -8.30. The molecule has 3 aromatic carbocycles. The highest BCUT2D eigenvalue weighted by molar-refractivity contribution is 9.10. The first-order valence-corrected chi connectivity index (χ1v) is 39.9. The van der Waals surface area contributed by atoms with Crippen LogP contribution in [0.15, 0.2) is 114 Å². The third-order valence-electron chi connectivity index (χ3n) is 20.7. The van der Waals surface area contributed by atoms with Gasteiger partial charge in [0.05, 0.1) is 67.8 Å². The molecule has 0 unspecified atom stereocenters. The number of nitrogens with one attached hydrogen (secondary N) is 1. The van der Waals surface area contributed by atoms with Gasteiger partial charge in [0.2, 0.25) is 17.7 Å². The van der Waals surface area contributed by atoms with E-state index in [0.717, 1.165) is 47.1 Å². The van der Waals surface area contributed by atoms with Crippen LogP contribution in [0.4, 0.5) is 69.6 Å². The number of ketones is 3. The van der Waals surface area contributed by atoms with Gasteiger partial charge in [-0.15, -0.1) is 0 Å². The molecule has 1 N–H and O–H groups in total. The number of aromatic nitrogens is 3. The minimum absolute atomic E-state index is 0.0342. The molecule has 21 nitrogen and oxygen atoms in total. The van der Waals surface area contributed by atoms with Crippen LogP contribution in [0.1, 0.15) is 168 Å². The summed E-state index contributed by atoms with van der Waals surface area (Å²) in [5.41, 5.74) is -0.249. The third-order valence-corrected chi connectivity index (χ3v) is 26.2. The number of carbonyl (C=O) groups is 6. The van der Waals surface area contributed by atoms with Crippen LogP contribution in [0.3, 0.4) is 0 Å². The van der Waals surface area contributed by atoms with Crippen molar-refractivity contribution in [2.45, 2.75) is 160 Å². The molecule has 6 aromatic rings. The second-order valence-electron chi connectivity index (χ2n) is 30.4. The van der Waals surface area contributed by atoms with Gasteiger partial charge >= 0.3 is 23.5 Å². The normalized spacial score (nSPS) is 20.4. The van der Waals surface area contributed by atoms with Gasteiger partial charge in [-0.3, -0.25) is 48.3 Å². The summed E-state index contributed by atoms with van der Waals surface area (Å²) < 4.78 is 185. The first kappa shape index (κ1) is 80.2. The number of sulfone groups is 3. The molecular weight excluding hydrogens is 1530 g/mol. The Morgan fingerprint density at radius 1 is 0.481 bits per heavy atom. The average molecular weight is 1610 g/mol. The van der Waals surface area contributed by atoms with Crippen LogP contribution in [0.25, 0.3) is 0 Å². The number of pyridine rings is 3. The molecular formula is C73H77BrF8N6O15S3. The maximum absolute atomic E-state index is 13.7. The minimum atomic E-state index is -4.87. The van der Waals surface area contributed by atoms with E-state index in [-0.39, 0.29) is 99.5 Å². The van der Waals surface area contributed by atoms with Gasteiger partial charge in [0.25, 0.3) is 0 Å². The highest BCUT2D eigenvalue weighted by Gasteiger charge is 2.58. The number of aromatic amines is 1. The number of carbonyl (C=O) groups excluding carboxylic acids is 6. The molecule has 3 aromatic heterocycles. The van der Waals surface area contributed by atoms with Crippen LogP contribution in [-0.4, -0.2) is 133 Å². The second-order valence-corrected chi connectivity index (χ2v) is 38.3. The first-order chi connectivity index (χ1) is 48.8. The fraction of sp³-hybridized carbons (Fsp3) is 0.466. The van der Waals surface area contributed by atoms with E-state index in [9.17, 15) is 93.9 Å². The molecule has 0 spiro atoms. The number of alkyl halides is 9. The number of benzene rings is 3. The molecule has 6 aliphatic rings. The number of rotatable bonds is 18. The molecule has 0 atom stereocenters. The lowest BCUT2D eigenvalue weighted by Crippen LogP contribution is -2.40. The van der Waals surface area contributed by atoms with Gasteiger partial charge in [-0.05, 0) is 180 Å². The zero-order valence-electron chi connectivity index (χ0n) is 59.1. The van der Waals surface area contributed by atoms with E-state index in [1.165, 1.54) is 40.3 Å². The molecule has 0 aliphatic carbocycles. The molecule has 570 valence electrons. The van der Waals surface area contributed by atoms with Gasteiger partial charge in [0.1, 0.15) is 58.5 Å². The molecule has 0 saturated carbocycles. The molecule has 9 heterocycles. The number of amides is 3. The fourth-order valence-corrected chi connectivity index (χ4v) is 19.2. The average Bonchev–Trinajstić information content (AvgIpc) is 1.59. The summed E-state index contributed by atoms with van der Waals surface area (Å²) in [6, 6.07) is 21.2. The van der Waals surface area contributed by atoms with Crippen molar-refractivity contribution in [2.24, 2.45) is 16.2 Å².